The van der Waals surface area contributed by atoms with Crippen molar-refractivity contribution in [2.45, 2.75) is 30.0 Å². The van der Waals surface area contributed by atoms with Crippen molar-refractivity contribution in [2.24, 2.45) is 5.92 Å². The van der Waals surface area contributed by atoms with E-state index in [-0.39, 0.29) is 40.5 Å². The number of sulfonamides is 1. The van der Waals surface area contributed by atoms with E-state index in [1.165, 1.54) is 42.5 Å². The largest absolute Gasteiger partial charge is 0.492 e. The molecule has 2 atom stereocenters. The number of amides is 1. The van der Waals surface area contributed by atoms with E-state index in [0.29, 0.717) is 31.7 Å². The Kier molecular flexibility index (Phi) is 8.51. The third-order valence-corrected chi connectivity index (χ3v) is 6.41. The molecule has 180 valence electrons. The number of hydrogen-bond acceptors (Lipinski definition) is 6. The van der Waals surface area contributed by atoms with Gasteiger partial charge in [-0.15, -0.1) is 0 Å². The van der Waals surface area contributed by atoms with Gasteiger partial charge in [-0.05, 0) is 62.5 Å². The van der Waals surface area contributed by atoms with Gasteiger partial charge in [-0.3, -0.25) is 9.52 Å². The summed E-state index contributed by atoms with van der Waals surface area (Å²) in [6.45, 7) is 3.03. The molecule has 0 saturated carbocycles. The summed E-state index contributed by atoms with van der Waals surface area (Å²) in [6.07, 6.45) is 1.28. The molecule has 1 aliphatic heterocycles. The highest BCUT2D eigenvalue weighted by atomic mass is 32.2. The molecule has 0 aliphatic carbocycles. The first-order chi connectivity index (χ1) is 15.6. The molecule has 2 aromatic rings. The zero-order chi connectivity index (χ0) is 24.1. The number of carbonyl (C=O) groups is 1. The summed E-state index contributed by atoms with van der Waals surface area (Å²) in [5, 5.41) is 0.743. The van der Waals surface area contributed by atoms with Crippen LogP contribution in [0, 0.1) is 5.92 Å². The normalized spacial score (nSPS) is 15.0. The van der Waals surface area contributed by atoms with Crippen LogP contribution in [0.5, 0.6) is 11.5 Å². The van der Waals surface area contributed by atoms with Crippen LogP contribution in [0.15, 0.2) is 47.4 Å². The zero-order valence-corrected chi connectivity index (χ0v) is 21.2. The Morgan fingerprint density at radius 2 is 1.91 bits per heavy atom. The van der Waals surface area contributed by atoms with Crippen molar-refractivity contribution < 1.29 is 31.8 Å². The fourth-order valence-electron chi connectivity index (χ4n) is 3.29. The Labute approximate surface area is 197 Å². The van der Waals surface area contributed by atoms with Gasteiger partial charge in [0, 0.05) is 37.0 Å². The van der Waals surface area contributed by atoms with E-state index in [1.807, 2.05) is 18.5 Å². The molecule has 3 rings (SSSR count). The number of ether oxygens (including phenoxy) is 3. The Bertz CT molecular complexity index is 1090. The number of rotatable bonds is 9. The molecule has 12 heteroatoms. The summed E-state index contributed by atoms with van der Waals surface area (Å²) in [6, 6.07) is 10.3. The van der Waals surface area contributed by atoms with Gasteiger partial charge >= 0.3 is 0 Å². The smallest absolute Gasteiger partial charge is 0.270 e. The van der Waals surface area contributed by atoms with Gasteiger partial charge in [-0.25, -0.2) is 8.42 Å². The first-order valence-electron chi connectivity index (χ1n) is 10.3. The Hall–Kier alpha value is -1.99. The van der Waals surface area contributed by atoms with Crippen LogP contribution in [0.1, 0.15) is 19.8 Å². The van der Waals surface area contributed by atoms with Crippen molar-refractivity contribution >= 4 is 45.8 Å². The standard InChI is InChI=1S/C21H27FN2O6P2S/c1-2-29-18-13-15(23-20(25)14-8-10-28-11-9-14)6-7-19(18)33(26,27)24-16-4-3-5-17(12-16)30-21(22,31)32/h3-7,12-14,24H,2,8-11,31-32H2,1H3,(H,23,25). The first kappa shape index (κ1) is 25.6. The number of alkyl halides is 1. The van der Waals surface area contributed by atoms with E-state index in [4.69, 9.17) is 14.2 Å². The van der Waals surface area contributed by atoms with Gasteiger partial charge in [0.1, 0.15) is 16.4 Å². The third-order valence-electron chi connectivity index (χ3n) is 4.75. The summed E-state index contributed by atoms with van der Waals surface area (Å²) >= 11 is 0. The Balaban J connectivity index is 1.80. The third kappa shape index (κ3) is 7.51. The van der Waals surface area contributed by atoms with Gasteiger partial charge in [-0.1, -0.05) is 6.07 Å². The number of anilines is 2. The van der Waals surface area contributed by atoms with Crippen LogP contribution in [-0.4, -0.2) is 39.5 Å². The SMILES string of the molecule is CCOc1cc(NC(=O)C2CCOCC2)ccc1S(=O)(=O)Nc1cccc(OC(F)(P)P)c1. The van der Waals surface area contributed by atoms with Crippen molar-refractivity contribution in [1.82, 2.24) is 0 Å². The lowest BCUT2D eigenvalue weighted by molar-refractivity contribution is -0.122. The van der Waals surface area contributed by atoms with E-state index in [9.17, 15) is 17.6 Å². The van der Waals surface area contributed by atoms with Crippen molar-refractivity contribution in [3.05, 3.63) is 42.5 Å². The summed E-state index contributed by atoms with van der Waals surface area (Å²) in [7, 11) is -0.311. The van der Waals surface area contributed by atoms with Gasteiger partial charge in [0.25, 0.3) is 15.4 Å². The quantitative estimate of drug-likeness (QED) is 0.489. The summed E-state index contributed by atoms with van der Waals surface area (Å²) in [5.74, 6) is -0.0582. The van der Waals surface area contributed by atoms with Gasteiger partial charge in [-0.2, -0.15) is 4.39 Å². The second kappa shape index (κ2) is 11.0. The predicted molar refractivity (Wildman–Crippen MR) is 131 cm³/mol. The Morgan fingerprint density at radius 3 is 2.58 bits per heavy atom. The highest BCUT2D eigenvalue weighted by Crippen LogP contribution is 2.34. The van der Waals surface area contributed by atoms with Crippen molar-refractivity contribution in [2.75, 3.05) is 29.9 Å². The highest BCUT2D eigenvalue weighted by molar-refractivity contribution is 7.92. The first-order valence-corrected chi connectivity index (χ1v) is 12.9. The number of halogens is 1. The van der Waals surface area contributed by atoms with Crippen molar-refractivity contribution in [3.63, 3.8) is 0 Å². The molecule has 2 unspecified atom stereocenters. The summed E-state index contributed by atoms with van der Waals surface area (Å²) in [4.78, 5) is 12.4. The number of carbonyl (C=O) groups excluding carboxylic acids is 1. The fraction of sp³-hybridized carbons (Fsp3) is 0.381. The van der Waals surface area contributed by atoms with Crippen LogP contribution < -0.4 is 19.5 Å². The van der Waals surface area contributed by atoms with Crippen LogP contribution >= 0.6 is 18.5 Å². The van der Waals surface area contributed by atoms with Gasteiger partial charge in [0.05, 0.1) is 12.3 Å². The number of nitrogens with one attached hydrogen (secondary N) is 2. The minimum atomic E-state index is -4.06. The molecule has 0 bridgehead atoms. The van der Waals surface area contributed by atoms with E-state index in [0.717, 1.165) is 0 Å². The monoisotopic (exact) mass is 516 g/mol. The van der Waals surface area contributed by atoms with Crippen LogP contribution in [-0.2, 0) is 19.6 Å². The molecule has 0 aromatic heterocycles. The molecule has 2 N–H and O–H groups in total. The van der Waals surface area contributed by atoms with E-state index in [1.54, 1.807) is 6.92 Å². The molecule has 1 amide bonds. The number of hydrogen-bond donors (Lipinski definition) is 2. The van der Waals surface area contributed by atoms with Crippen LogP contribution in [0.3, 0.4) is 0 Å². The van der Waals surface area contributed by atoms with Crippen molar-refractivity contribution in [3.8, 4) is 11.5 Å². The molecule has 33 heavy (non-hydrogen) atoms. The van der Waals surface area contributed by atoms with Crippen LogP contribution in [0.4, 0.5) is 15.8 Å². The van der Waals surface area contributed by atoms with Crippen molar-refractivity contribution in [1.29, 1.82) is 0 Å². The van der Waals surface area contributed by atoms with E-state index in [2.05, 4.69) is 10.0 Å². The molecule has 0 radical (unpaired) electrons. The van der Waals surface area contributed by atoms with Crippen LogP contribution in [0.25, 0.3) is 0 Å². The summed E-state index contributed by atoms with van der Waals surface area (Å²) in [5.41, 5.74) is 0.621. The molecule has 2 aromatic carbocycles. The Morgan fingerprint density at radius 1 is 1.18 bits per heavy atom. The molecular weight excluding hydrogens is 489 g/mol. The van der Waals surface area contributed by atoms with E-state index < -0.39 is 15.4 Å². The predicted octanol–water partition coefficient (Wildman–Crippen LogP) is 3.96. The second-order valence-electron chi connectivity index (χ2n) is 7.40. The molecule has 1 heterocycles. The van der Waals surface area contributed by atoms with E-state index >= 15 is 0 Å². The average Bonchev–Trinajstić information content (AvgIpc) is 2.73. The van der Waals surface area contributed by atoms with Gasteiger partial charge < -0.3 is 19.5 Å². The number of benzene rings is 2. The lowest BCUT2D eigenvalue weighted by Crippen LogP contribution is -2.28. The lowest BCUT2D eigenvalue weighted by Gasteiger charge is -2.21. The zero-order valence-electron chi connectivity index (χ0n) is 18.0. The van der Waals surface area contributed by atoms with Crippen LogP contribution in [0.2, 0.25) is 0 Å². The highest BCUT2D eigenvalue weighted by Gasteiger charge is 2.24. The maximum absolute atomic E-state index is 13.7. The molecule has 1 fully saturated rings. The average molecular weight is 516 g/mol. The molecular formula is C21H27FN2O6P2S. The molecule has 0 spiro atoms. The fourth-order valence-corrected chi connectivity index (χ4v) is 4.74. The maximum Gasteiger partial charge on any atom is 0.270 e. The molecule has 8 nitrogen and oxygen atoms in total. The topological polar surface area (TPSA) is 103 Å². The minimum absolute atomic E-state index is 0.0971. The molecule has 1 saturated heterocycles. The lowest BCUT2D eigenvalue weighted by atomic mass is 9.99. The maximum atomic E-state index is 13.7. The minimum Gasteiger partial charge on any atom is -0.492 e. The van der Waals surface area contributed by atoms with Gasteiger partial charge in [0.15, 0.2) is 0 Å². The van der Waals surface area contributed by atoms with Gasteiger partial charge in [0.2, 0.25) is 5.91 Å². The molecule has 1 aliphatic rings. The second-order valence-corrected chi connectivity index (χ2v) is 11.3. The summed E-state index contributed by atoms with van der Waals surface area (Å²) < 4.78 is 58.2.